The Labute approximate surface area is 147 Å². The molecule has 1 unspecified atom stereocenters. The molecular formula is C19H24N4O2. The number of fused-ring (bicyclic) bond motifs is 1. The van der Waals surface area contributed by atoms with E-state index in [2.05, 4.69) is 53.5 Å². The first-order valence-electron chi connectivity index (χ1n) is 8.85. The van der Waals surface area contributed by atoms with Gasteiger partial charge in [0.1, 0.15) is 12.4 Å². The normalized spacial score (nSPS) is 16.4. The van der Waals surface area contributed by atoms with Crippen molar-refractivity contribution in [3.63, 3.8) is 0 Å². The summed E-state index contributed by atoms with van der Waals surface area (Å²) in [4.78, 5) is 17.0. The van der Waals surface area contributed by atoms with Crippen LogP contribution in [0.2, 0.25) is 0 Å². The van der Waals surface area contributed by atoms with Crippen molar-refractivity contribution >= 4 is 11.9 Å². The van der Waals surface area contributed by atoms with Crippen LogP contribution in [0.15, 0.2) is 41.9 Å². The van der Waals surface area contributed by atoms with Crippen LogP contribution in [0.25, 0.3) is 0 Å². The standard InChI is InChI=1S/C19H24N4O2/c1-4-7-15-16(18(24)25-6-3)17(23-19(22-15)20-12-21-23)14-10-8-13(5-2)9-11-14/h8-12,17H,4-7H2,1-3H3,(H,20,21,22). The van der Waals surface area contributed by atoms with Gasteiger partial charge in [0.15, 0.2) is 0 Å². The van der Waals surface area contributed by atoms with Crippen LogP contribution in [0.3, 0.4) is 0 Å². The fraction of sp³-hybridized carbons (Fsp3) is 0.421. The first kappa shape index (κ1) is 17.2. The number of anilines is 1. The van der Waals surface area contributed by atoms with E-state index in [4.69, 9.17) is 4.74 Å². The van der Waals surface area contributed by atoms with Crippen LogP contribution < -0.4 is 5.32 Å². The van der Waals surface area contributed by atoms with Gasteiger partial charge in [0.05, 0.1) is 12.2 Å². The largest absolute Gasteiger partial charge is 0.463 e. The van der Waals surface area contributed by atoms with Crippen LogP contribution in [0.4, 0.5) is 5.95 Å². The van der Waals surface area contributed by atoms with Gasteiger partial charge in [-0.25, -0.2) is 9.48 Å². The number of hydrogen-bond acceptors (Lipinski definition) is 5. The molecule has 132 valence electrons. The molecule has 0 fully saturated rings. The molecule has 0 radical (unpaired) electrons. The third-order valence-electron chi connectivity index (χ3n) is 4.38. The third kappa shape index (κ3) is 3.29. The van der Waals surface area contributed by atoms with Crippen molar-refractivity contribution in [1.82, 2.24) is 14.8 Å². The number of carbonyl (C=O) groups excluding carboxylic acids is 1. The van der Waals surface area contributed by atoms with Crippen molar-refractivity contribution in [1.29, 1.82) is 0 Å². The van der Waals surface area contributed by atoms with Crippen LogP contribution in [0.5, 0.6) is 0 Å². The van der Waals surface area contributed by atoms with Gasteiger partial charge in [-0.1, -0.05) is 44.5 Å². The zero-order valence-electron chi connectivity index (χ0n) is 15.0. The summed E-state index contributed by atoms with van der Waals surface area (Å²) >= 11 is 0. The molecule has 0 saturated carbocycles. The summed E-state index contributed by atoms with van der Waals surface area (Å²) in [5.41, 5.74) is 3.74. The van der Waals surface area contributed by atoms with Crippen LogP contribution >= 0.6 is 0 Å². The Morgan fingerprint density at radius 2 is 2.00 bits per heavy atom. The molecule has 1 atom stereocenters. The Morgan fingerprint density at radius 3 is 2.64 bits per heavy atom. The molecule has 6 heteroatoms. The van der Waals surface area contributed by atoms with Crippen LogP contribution in [-0.2, 0) is 16.0 Å². The fourth-order valence-corrected chi connectivity index (χ4v) is 3.15. The zero-order valence-corrected chi connectivity index (χ0v) is 15.0. The second kappa shape index (κ2) is 7.51. The highest BCUT2D eigenvalue weighted by molar-refractivity contribution is 5.92. The fourth-order valence-electron chi connectivity index (χ4n) is 3.15. The number of rotatable bonds is 6. The molecule has 6 nitrogen and oxygen atoms in total. The van der Waals surface area contributed by atoms with E-state index in [-0.39, 0.29) is 12.0 Å². The monoisotopic (exact) mass is 340 g/mol. The second-order valence-electron chi connectivity index (χ2n) is 6.01. The molecule has 25 heavy (non-hydrogen) atoms. The molecule has 3 rings (SSSR count). The highest BCUT2D eigenvalue weighted by Gasteiger charge is 2.35. The number of aromatic nitrogens is 3. The van der Waals surface area contributed by atoms with Gasteiger partial charge in [-0.15, -0.1) is 0 Å². The van der Waals surface area contributed by atoms with Gasteiger partial charge < -0.3 is 10.1 Å². The van der Waals surface area contributed by atoms with Crippen LogP contribution in [-0.4, -0.2) is 27.3 Å². The minimum absolute atomic E-state index is 0.302. The van der Waals surface area contributed by atoms with E-state index in [1.54, 1.807) is 4.68 Å². The molecule has 1 aromatic heterocycles. The molecule has 1 aliphatic rings. The van der Waals surface area contributed by atoms with Crippen LogP contribution in [0, 0.1) is 0 Å². The van der Waals surface area contributed by atoms with Gasteiger partial charge in [0.25, 0.3) is 0 Å². The molecule has 2 aromatic rings. The average Bonchev–Trinajstić information content (AvgIpc) is 3.09. The molecule has 0 amide bonds. The van der Waals surface area contributed by atoms with Crippen molar-refractivity contribution in [3.8, 4) is 0 Å². The van der Waals surface area contributed by atoms with Gasteiger partial charge in [-0.05, 0) is 30.9 Å². The van der Waals surface area contributed by atoms with Gasteiger partial charge in [-0.3, -0.25) is 0 Å². The number of ether oxygens (including phenoxy) is 1. The van der Waals surface area contributed by atoms with Gasteiger partial charge >= 0.3 is 5.97 Å². The molecule has 0 spiro atoms. The van der Waals surface area contributed by atoms with E-state index in [1.165, 1.54) is 11.9 Å². The van der Waals surface area contributed by atoms with Gasteiger partial charge in [0.2, 0.25) is 5.95 Å². The second-order valence-corrected chi connectivity index (χ2v) is 6.01. The molecule has 2 heterocycles. The Morgan fingerprint density at radius 1 is 1.24 bits per heavy atom. The van der Waals surface area contributed by atoms with Gasteiger partial charge in [-0.2, -0.15) is 10.1 Å². The van der Waals surface area contributed by atoms with Crippen molar-refractivity contribution in [3.05, 3.63) is 53.0 Å². The van der Waals surface area contributed by atoms with E-state index in [0.29, 0.717) is 18.1 Å². The molecule has 1 aromatic carbocycles. The van der Waals surface area contributed by atoms with Crippen molar-refractivity contribution in [2.75, 3.05) is 11.9 Å². The van der Waals surface area contributed by atoms with E-state index in [9.17, 15) is 4.79 Å². The van der Waals surface area contributed by atoms with Crippen molar-refractivity contribution in [2.45, 2.75) is 46.1 Å². The summed E-state index contributed by atoms with van der Waals surface area (Å²) in [6, 6.07) is 7.98. The maximum absolute atomic E-state index is 12.7. The third-order valence-corrected chi connectivity index (χ3v) is 4.38. The maximum atomic E-state index is 12.7. The van der Waals surface area contributed by atoms with E-state index >= 15 is 0 Å². The number of nitrogens with zero attached hydrogens (tertiary/aromatic N) is 3. The number of nitrogens with one attached hydrogen (secondary N) is 1. The van der Waals surface area contributed by atoms with Crippen molar-refractivity contribution < 1.29 is 9.53 Å². The summed E-state index contributed by atoms with van der Waals surface area (Å²) in [5, 5.41) is 7.60. The summed E-state index contributed by atoms with van der Waals surface area (Å²) < 4.78 is 7.10. The summed E-state index contributed by atoms with van der Waals surface area (Å²) in [7, 11) is 0. The smallest absolute Gasteiger partial charge is 0.338 e. The topological polar surface area (TPSA) is 69.0 Å². The molecule has 0 bridgehead atoms. The highest BCUT2D eigenvalue weighted by atomic mass is 16.5. The molecule has 0 saturated heterocycles. The zero-order chi connectivity index (χ0) is 17.8. The minimum atomic E-state index is -0.328. The number of aryl methyl sites for hydroxylation is 1. The van der Waals surface area contributed by atoms with Crippen LogP contribution in [0.1, 0.15) is 50.8 Å². The Kier molecular flexibility index (Phi) is 5.16. The number of benzene rings is 1. The Bertz CT molecular complexity index is 777. The first-order valence-corrected chi connectivity index (χ1v) is 8.85. The lowest BCUT2D eigenvalue weighted by atomic mass is 9.93. The average molecular weight is 340 g/mol. The lowest BCUT2D eigenvalue weighted by molar-refractivity contribution is -0.139. The molecule has 0 aliphatic carbocycles. The summed E-state index contributed by atoms with van der Waals surface area (Å²) in [6.45, 7) is 6.37. The number of hydrogen-bond donors (Lipinski definition) is 1. The van der Waals surface area contributed by atoms with E-state index < -0.39 is 0 Å². The first-order chi connectivity index (χ1) is 12.2. The lowest BCUT2D eigenvalue weighted by Crippen LogP contribution is -2.30. The Hall–Kier alpha value is -2.63. The Balaban J connectivity index is 2.13. The summed E-state index contributed by atoms with van der Waals surface area (Å²) in [6.07, 6.45) is 4.15. The number of esters is 1. The predicted octanol–water partition coefficient (Wildman–Crippen LogP) is 3.47. The minimum Gasteiger partial charge on any atom is -0.463 e. The summed E-state index contributed by atoms with van der Waals surface area (Å²) in [5.74, 6) is 0.352. The molecule has 1 N–H and O–H groups in total. The lowest BCUT2D eigenvalue weighted by Gasteiger charge is -2.29. The maximum Gasteiger partial charge on any atom is 0.338 e. The van der Waals surface area contributed by atoms with Gasteiger partial charge in [0, 0.05) is 5.70 Å². The van der Waals surface area contributed by atoms with E-state index in [0.717, 1.165) is 30.5 Å². The molecule has 1 aliphatic heterocycles. The van der Waals surface area contributed by atoms with E-state index in [1.807, 2.05) is 6.92 Å². The number of allylic oxidation sites excluding steroid dienone is 1. The highest BCUT2D eigenvalue weighted by Crippen LogP contribution is 2.36. The number of carbonyl (C=O) groups is 1. The molecular weight excluding hydrogens is 316 g/mol. The predicted molar refractivity (Wildman–Crippen MR) is 96.2 cm³/mol. The van der Waals surface area contributed by atoms with Crippen molar-refractivity contribution in [2.24, 2.45) is 0 Å². The quantitative estimate of drug-likeness (QED) is 0.816. The SMILES string of the molecule is CCCC1=C(C(=O)OCC)C(c2ccc(CC)cc2)n2ncnc2N1.